The Labute approximate surface area is 145 Å². The van der Waals surface area contributed by atoms with E-state index in [9.17, 15) is 4.39 Å². The minimum absolute atomic E-state index is 0.00304. The van der Waals surface area contributed by atoms with Gasteiger partial charge >= 0.3 is 0 Å². The predicted molar refractivity (Wildman–Crippen MR) is 84.0 cm³/mol. The molecule has 2 nitrogen and oxygen atoms in total. The Hall–Kier alpha value is -0.760. The normalized spacial score (nSPS) is 10.5. The third-order valence-electron chi connectivity index (χ3n) is 2.66. The summed E-state index contributed by atoms with van der Waals surface area (Å²) in [6.07, 6.45) is 0.942. The molecule has 0 saturated carbocycles. The highest BCUT2D eigenvalue weighted by Gasteiger charge is 2.23. The van der Waals surface area contributed by atoms with Crippen LogP contribution in [0.3, 0.4) is 0 Å². The Morgan fingerprint density at radius 1 is 1.00 bits per heavy atom. The second-order valence-electron chi connectivity index (χ2n) is 3.93. The molecule has 108 valence electrons. The number of pyridine rings is 1. The molecule has 2 rings (SSSR count). The van der Waals surface area contributed by atoms with Gasteiger partial charge in [-0.2, -0.15) is 5.26 Å². The smallest absolute Gasteiger partial charge is 0.142 e. The van der Waals surface area contributed by atoms with E-state index in [4.69, 9.17) is 63.3 Å². The number of hydrogen-bond acceptors (Lipinski definition) is 2. The van der Waals surface area contributed by atoms with Crippen molar-refractivity contribution in [3.63, 3.8) is 0 Å². The minimum Gasteiger partial charge on any atom is -0.257 e. The van der Waals surface area contributed by atoms with E-state index in [-0.39, 0.29) is 42.7 Å². The zero-order valence-electron chi connectivity index (χ0n) is 10.0. The van der Waals surface area contributed by atoms with Crippen LogP contribution in [0.25, 0.3) is 11.1 Å². The molecule has 0 unspecified atom stereocenters. The maximum absolute atomic E-state index is 13.5. The molecule has 2 aromatic rings. The lowest BCUT2D eigenvalue weighted by molar-refractivity contribution is 0.620. The summed E-state index contributed by atoms with van der Waals surface area (Å²) in [5.41, 5.74) is 0.735. The van der Waals surface area contributed by atoms with Crippen LogP contribution in [0.1, 0.15) is 5.69 Å². The highest BCUT2D eigenvalue weighted by atomic mass is 35.5. The monoisotopic (exact) mass is 382 g/mol. The lowest BCUT2D eigenvalue weighted by Gasteiger charge is -2.14. The van der Waals surface area contributed by atoms with Crippen LogP contribution in [0.15, 0.2) is 12.3 Å². The van der Waals surface area contributed by atoms with E-state index < -0.39 is 5.82 Å². The van der Waals surface area contributed by atoms with Gasteiger partial charge < -0.3 is 0 Å². The van der Waals surface area contributed by atoms with Crippen molar-refractivity contribution in [1.82, 2.24) is 4.98 Å². The van der Waals surface area contributed by atoms with Crippen LogP contribution in [-0.4, -0.2) is 4.98 Å². The molecular formula is C13H4Cl5FN2. The van der Waals surface area contributed by atoms with Gasteiger partial charge in [0.2, 0.25) is 0 Å². The van der Waals surface area contributed by atoms with Crippen molar-refractivity contribution >= 4 is 58.0 Å². The van der Waals surface area contributed by atoms with Crippen LogP contribution in [-0.2, 0) is 6.42 Å². The van der Waals surface area contributed by atoms with E-state index in [2.05, 4.69) is 4.98 Å². The Morgan fingerprint density at radius 3 is 2.05 bits per heavy atom. The summed E-state index contributed by atoms with van der Waals surface area (Å²) in [4.78, 5) is 3.87. The molecule has 0 saturated heterocycles. The van der Waals surface area contributed by atoms with Crippen LogP contribution >= 0.6 is 58.0 Å². The van der Waals surface area contributed by atoms with Crippen LogP contribution in [0.2, 0.25) is 25.1 Å². The molecule has 1 aromatic carbocycles. The molecule has 0 N–H and O–H groups in total. The number of halogens is 6. The molecule has 0 spiro atoms. The van der Waals surface area contributed by atoms with Crippen molar-refractivity contribution in [3.8, 4) is 17.2 Å². The minimum atomic E-state index is -0.610. The molecule has 0 aliphatic carbocycles. The number of rotatable bonds is 2. The third-order valence-corrected chi connectivity index (χ3v) is 4.94. The van der Waals surface area contributed by atoms with E-state index in [0.717, 1.165) is 12.3 Å². The predicted octanol–water partition coefficient (Wildman–Crippen LogP) is 6.22. The van der Waals surface area contributed by atoms with Gasteiger partial charge in [0.05, 0.1) is 49.5 Å². The van der Waals surface area contributed by atoms with Gasteiger partial charge in [0.1, 0.15) is 5.82 Å². The number of aromatic nitrogens is 1. The summed E-state index contributed by atoms with van der Waals surface area (Å²) in [6, 6.07) is 3.09. The average Bonchev–Trinajstić information content (AvgIpc) is 2.46. The quantitative estimate of drug-likeness (QED) is 0.455. The molecule has 21 heavy (non-hydrogen) atoms. The number of benzene rings is 1. The van der Waals surface area contributed by atoms with Gasteiger partial charge in [-0.25, -0.2) is 4.39 Å². The van der Waals surface area contributed by atoms with E-state index in [1.807, 2.05) is 6.07 Å². The van der Waals surface area contributed by atoms with Gasteiger partial charge in [-0.15, -0.1) is 0 Å². The number of nitrogens with zero attached hydrogens (tertiary/aromatic N) is 2. The Kier molecular flexibility index (Phi) is 5.19. The first-order valence-corrected chi connectivity index (χ1v) is 7.30. The molecule has 0 aliphatic heterocycles. The van der Waals surface area contributed by atoms with Crippen molar-refractivity contribution in [2.45, 2.75) is 6.42 Å². The zero-order valence-corrected chi connectivity index (χ0v) is 13.8. The van der Waals surface area contributed by atoms with Gasteiger partial charge in [0, 0.05) is 11.1 Å². The van der Waals surface area contributed by atoms with Crippen LogP contribution in [0.4, 0.5) is 4.39 Å². The summed E-state index contributed by atoms with van der Waals surface area (Å²) < 4.78 is 13.5. The Balaban J connectivity index is 2.85. The first kappa shape index (κ1) is 16.6. The Morgan fingerprint density at radius 2 is 1.52 bits per heavy atom. The second kappa shape index (κ2) is 6.56. The standard InChI is InChI=1S/C13H4Cl5FN2/c14-9-8(10(15)12(17)13(18)11(9)16)6-3-5(19)4-21-7(6)1-2-20/h3-4H,1H2. The summed E-state index contributed by atoms with van der Waals surface area (Å²) in [5.74, 6) is -0.610. The van der Waals surface area contributed by atoms with Gasteiger partial charge in [0.25, 0.3) is 0 Å². The van der Waals surface area contributed by atoms with Crippen molar-refractivity contribution in [2.24, 2.45) is 0 Å². The maximum Gasteiger partial charge on any atom is 0.142 e. The van der Waals surface area contributed by atoms with Crippen LogP contribution in [0, 0.1) is 17.1 Å². The molecule has 8 heteroatoms. The highest BCUT2D eigenvalue weighted by molar-refractivity contribution is 6.56. The fourth-order valence-corrected chi connectivity index (χ4v) is 3.08. The van der Waals surface area contributed by atoms with Gasteiger partial charge in [-0.05, 0) is 6.07 Å². The number of hydrogen-bond donors (Lipinski definition) is 0. The summed E-state index contributed by atoms with van der Waals surface area (Å²) in [6.45, 7) is 0. The van der Waals surface area contributed by atoms with E-state index >= 15 is 0 Å². The van der Waals surface area contributed by atoms with Gasteiger partial charge in [0.15, 0.2) is 0 Å². The fraction of sp³-hybridized carbons (Fsp3) is 0.0769. The Bertz CT molecular complexity index is 741. The molecule has 0 radical (unpaired) electrons. The van der Waals surface area contributed by atoms with Crippen LogP contribution < -0.4 is 0 Å². The fourth-order valence-electron chi connectivity index (χ4n) is 1.74. The van der Waals surface area contributed by atoms with Crippen molar-refractivity contribution in [1.29, 1.82) is 5.26 Å². The molecule has 0 amide bonds. The molecule has 0 bridgehead atoms. The van der Waals surface area contributed by atoms with E-state index in [1.165, 1.54) is 0 Å². The molecular weight excluding hydrogens is 380 g/mol. The molecule has 0 aliphatic rings. The van der Waals surface area contributed by atoms with Crippen molar-refractivity contribution < 1.29 is 4.39 Å². The third kappa shape index (κ3) is 3.06. The maximum atomic E-state index is 13.5. The zero-order chi connectivity index (χ0) is 15.7. The van der Waals surface area contributed by atoms with Crippen LogP contribution in [0.5, 0.6) is 0 Å². The highest BCUT2D eigenvalue weighted by Crippen LogP contribution is 2.48. The molecule has 0 fully saturated rings. The largest absolute Gasteiger partial charge is 0.257 e. The van der Waals surface area contributed by atoms with Gasteiger partial charge in [-0.3, -0.25) is 4.98 Å². The molecule has 1 heterocycles. The first-order chi connectivity index (χ1) is 9.88. The van der Waals surface area contributed by atoms with E-state index in [0.29, 0.717) is 5.69 Å². The number of nitriles is 1. The molecule has 0 atom stereocenters. The van der Waals surface area contributed by atoms with Crippen molar-refractivity contribution in [3.05, 3.63) is 48.9 Å². The average molecular weight is 384 g/mol. The summed E-state index contributed by atoms with van der Waals surface area (Å²) >= 11 is 30.2. The first-order valence-electron chi connectivity index (χ1n) is 5.41. The summed E-state index contributed by atoms with van der Waals surface area (Å²) in [5, 5.41) is 8.86. The SMILES string of the molecule is N#CCc1ncc(F)cc1-c1c(Cl)c(Cl)c(Cl)c(Cl)c1Cl. The van der Waals surface area contributed by atoms with E-state index in [1.54, 1.807) is 0 Å². The summed E-state index contributed by atoms with van der Waals surface area (Å²) in [7, 11) is 0. The topological polar surface area (TPSA) is 36.7 Å². The lowest BCUT2D eigenvalue weighted by atomic mass is 10.0. The lowest BCUT2D eigenvalue weighted by Crippen LogP contribution is -1.97. The molecule has 1 aromatic heterocycles. The van der Waals surface area contributed by atoms with Crippen molar-refractivity contribution in [2.75, 3.05) is 0 Å². The van der Waals surface area contributed by atoms with Gasteiger partial charge in [-0.1, -0.05) is 58.0 Å². The second-order valence-corrected chi connectivity index (χ2v) is 5.82.